The fraction of sp³-hybridized carbons (Fsp3) is 0.278. The maximum Gasteiger partial charge on any atom is 0.320 e. The second-order valence-electron chi connectivity index (χ2n) is 5.98. The summed E-state index contributed by atoms with van der Waals surface area (Å²) in [5.74, 6) is 1.34. The molecule has 0 aliphatic carbocycles. The van der Waals surface area contributed by atoms with Crippen LogP contribution in [0.15, 0.2) is 47.2 Å². The molecule has 0 aliphatic heterocycles. The van der Waals surface area contributed by atoms with E-state index in [1.54, 1.807) is 4.68 Å². The van der Waals surface area contributed by atoms with Crippen molar-refractivity contribution in [2.45, 2.75) is 33.4 Å². The normalized spacial score (nSPS) is 10.9. The summed E-state index contributed by atoms with van der Waals surface area (Å²) in [6.45, 7) is 6.14. The van der Waals surface area contributed by atoms with Gasteiger partial charge in [-0.05, 0) is 20.8 Å². The third kappa shape index (κ3) is 3.88. The SMILES string of the molecule is Cc1ocnc1CNC(=O)Nc1cc(-c2ccccc2)nn1C(C)C. The first kappa shape index (κ1) is 16.8. The van der Waals surface area contributed by atoms with Crippen LogP contribution in [0.3, 0.4) is 0 Å². The molecule has 7 nitrogen and oxygen atoms in total. The number of aromatic nitrogens is 3. The van der Waals surface area contributed by atoms with Crippen molar-refractivity contribution in [3.8, 4) is 11.3 Å². The first-order valence-corrected chi connectivity index (χ1v) is 8.13. The molecule has 0 radical (unpaired) electrons. The molecule has 1 aromatic carbocycles. The lowest BCUT2D eigenvalue weighted by Gasteiger charge is -2.12. The maximum atomic E-state index is 12.2. The Hall–Kier alpha value is -3.09. The van der Waals surface area contributed by atoms with Gasteiger partial charge in [0, 0.05) is 17.7 Å². The molecule has 130 valence electrons. The minimum atomic E-state index is -0.316. The van der Waals surface area contributed by atoms with E-state index in [2.05, 4.69) is 20.7 Å². The average Bonchev–Trinajstić information content (AvgIpc) is 3.20. The second kappa shape index (κ2) is 7.21. The third-order valence-corrected chi connectivity index (χ3v) is 3.80. The maximum absolute atomic E-state index is 12.2. The first-order chi connectivity index (χ1) is 12.0. The molecule has 2 aromatic heterocycles. The molecule has 3 aromatic rings. The second-order valence-corrected chi connectivity index (χ2v) is 5.98. The Kier molecular flexibility index (Phi) is 4.83. The Morgan fingerprint density at radius 3 is 2.68 bits per heavy atom. The summed E-state index contributed by atoms with van der Waals surface area (Å²) in [5, 5.41) is 10.2. The van der Waals surface area contributed by atoms with Gasteiger partial charge in [-0.25, -0.2) is 14.5 Å². The molecule has 2 N–H and O–H groups in total. The van der Waals surface area contributed by atoms with Gasteiger partial charge < -0.3 is 9.73 Å². The summed E-state index contributed by atoms with van der Waals surface area (Å²) >= 11 is 0. The van der Waals surface area contributed by atoms with Crippen LogP contribution < -0.4 is 10.6 Å². The minimum absolute atomic E-state index is 0.116. The molecule has 2 heterocycles. The van der Waals surface area contributed by atoms with Crippen molar-refractivity contribution in [2.24, 2.45) is 0 Å². The molecule has 0 aliphatic rings. The van der Waals surface area contributed by atoms with Gasteiger partial charge in [0.15, 0.2) is 6.39 Å². The van der Waals surface area contributed by atoms with E-state index in [-0.39, 0.29) is 12.1 Å². The summed E-state index contributed by atoms with van der Waals surface area (Å²) in [4.78, 5) is 16.3. The lowest BCUT2D eigenvalue weighted by molar-refractivity contribution is 0.251. The lowest BCUT2D eigenvalue weighted by atomic mass is 10.2. The van der Waals surface area contributed by atoms with Crippen molar-refractivity contribution in [3.05, 3.63) is 54.2 Å². The van der Waals surface area contributed by atoms with E-state index in [0.717, 1.165) is 11.3 Å². The standard InChI is InChI=1S/C18H21N5O2/c1-12(2)23-17(9-15(22-23)14-7-5-4-6-8-14)21-18(24)19-10-16-13(3)25-11-20-16/h4-9,11-12H,10H2,1-3H3,(H2,19,21,24). The van der Waals surface area contributed by atoms with Gasteiger partial charge in [0.1, 0.15) is 17.3 Å². The smallest absolute Gasteiger partial charge is 0.320 e. The van der Waals surface area contributed by atoms with Crippen LogP contribution in [0.4, 0.5) is 10.6 Å². The molecule has 2 amide bonds. The molecular weight excluding hydrogens is 318 g/mol. The highest BCUT2D eigenvalue weighted by Crippen LogP contribution is 2.24. The molecule has 0 saturated heterocycles. The highest BCUT2D eigenvalue weighted by molar-refractivity contribution is 5.89. The van der Waals surface area contributed by atoms with Crippen LogP contribution >= 0.6 is 0 Å². The number of amides is 2. The van der Waals surface area contributed by atoms with E-state index in [9.17, 15) is 4.79 Å². The van der Waals surface area contributed by atoms with E-state index in [1.807, 2.05) is 57.2 Å². The topological polar surface area (TPSA) is 85.0 Å². The van der Waals surface area contributed by atoms with E-state index in [0.29, 0.717) is 23.8 Å². The Morgan fingerprint density at radius 2 is 2.04 bits per heavy atom. The highest BCUT2D eigenvalue weighted by Gasteiger charge is 2.14. The summed E-state index contributed by atoms with van der Waals surface area (Å²) in [7, 11) is 0. The van der Waals surface area contributed by atoms with Crippen LogP contribution in [0, 0.1) is 6.92 Å². The summed E-state index contributed by atoms with van der Waals surface area (Å²) in [6, 6.07) is 11.5. The van der Waals surface area contributed by atoms with Crippen molar-refractivity contribution in [1.82, 2.24) is 20.1 Å². The van der Waals surface area contributed by atoms with Gasteiger partial charge in [0.25, 0.3) is 0 Å². The zero-order valence-electron chi connectivity index (χ0n) is 14.5. The largest absolute Gasteiger partial charge is 0.448 e. The van der Waals surface area contributed by atoms with Crippen LogP contribution in [0.5, 0.6) is 0 Å². The van der Waals surface area contributed by atoms with Gasteiger partial charge in [-0.15, -0.1) is 0 Å². The number of benzene rings is 1. The van der Waals surface area contributed by atoms with Gasteiger partial charge in [0.2, 0.25) is 0 Å². The number of nitrogens with zero attached hydrogens (tertiary/aromatic N) is 3. The Balaban J connectivity index is 1.73. The Labute approximate surface area is 146 Å². The quantitative estimate of drug-likeness (QED) is 0.741. The molecule has 0 saturated carbocycles. The van der Waals surface area contributed by atoms with Crippen molar-refractivity contribution >= 4 is 11.8 Å². The molecule has 7 heteroatoms. The molecule has 0 fully saturated rings. The first-order valence-electron chi connectivity index (χ1n) is 8.13. The van der Waals surface area contributed by atoms with E-state index >= 15 is 0 Å². The van der Waals surface area contributed by atoms with Crippen LogP contribution in [0.25, 0.3) is 11.3 Å². The molecule has 0 bridgehead atoms. The van der Waals surface area contributed by atoms with Crippen LogP contribution in [-0.2, 0) is 6.54 Å². The summed E-state index contributed by atoms with van der Waals surface area (Å²) < 4.78 is 6.92. The number of hydrogen-bond donors (Lipinski definition) is 2. The molecule has 3 rings (SSSR count). The fourth-order valence-electron chi connectivity index (χ4n) is 2.45. The van der Waals surface area contributed by atoms with Crippen molar-refractivity contribution < 1.29 is 9.21 Å². The number of nitrogens with one attached hydrogen (secondary N) is 2. The van der Waals surface area contributed by atoms with Crippen molar-refractivity contribution in [1.29, 1.82) is 0 Å². The zero-order valence-corrected chi connectivity index (χ0v) is 14.5. The van der Waals surface area contributed by atoms with Crippen LogP contribution in [0.2, 0.25) is 0 Å². The molecule has 25 heavy (non-hydrogen) atoms. The van der Waals surface area contributed by atoms with E-state index in [4.69, 9.17) is 4.42 Å². The van der Waals surface area contributed by atoms with Gasteiger partial charge in [-0.3, -0.25) is 5.32 Å². The third-order valence-electron chi connectivity index (χ3n) is 3.80. The molecule has 0 atom stereocenters. The van der Waals surface area contributed by atoms with E-state index < -0.39 is 0 Å². The number of urea groups is 1. The van der Waals surface area contributed by atoms with Gasteiger partial charge in [-0.1, -0.05) is 30.3 Å². The number of oxazole rings is 1. The van der Waals surface area contributed by atoms with Crippen molar-refractivity contribution in [3.63, 3.8) is 0 Å². The zero-order chi connectivity index (χ0) is 17.8. The summed E-state index contributed by atoms with van der Waals surface area (Å²) in [5.41, 5.74) is 2.53. The van der Waals surface area contributed by atoms with Crippen LogP contribution in [-0.4, -0.2) is 20.8 Å². The van der Waals surface area contributed by atoms with Gasteiger partial charge in [-0.2, -0.15) is 5.10 Å². The monoisotopic (exact) mass is 339 g/mol. The Morgan fingerprint density at radius 1 is 1.28 bits per heavy atom. The number of aryl methyl sites for hydroxylation is 1. The average molecular weight is 339 g/mol. The molecular formula is C18H21N5O2. The molecule has 0 unspecified atom stereocenters. The Bertz CT molecular complexity index is 851. The van der Waals surface area contributed by atoms with Crippen LogP contribution in [0.1, 0.15) is 31.3 Å². The van der Waals surface area contributed by atoms with E-state index in [1.165, 1.54) is 6.39 Å². The number of anilines is 1. The highest BCUT2D eigenvalue weighted by atomic mass is 16.3. The lowest BCUT2D eigenvalue weighted by Crippen LogP contribution is -2.29. The van der Waals surface area contributed by atoms with Crippen molar-refractivity contribution in [2.75, 3.05) is 5.32 Å². The van der Waals surface area contributed by atoms with Gasteiger partial charge in [0.05, 0.1) is 12.2 Å². The number of carbonyl (C=O) groups excluding carboxylic acids is 1. The summed E-state index contributed by atoms with van der Waals surface area (Å²) in [6.07, 6.45) is 1.37. The fourth-order valence-corrected chi connectivity index (χ4v) is 2.45. The predicted octanol–water partition coefficient (Wildman–Crippen LogP) is 3.75. The minimum Gasteiger partial charge on any atom is -0.448 e. The molecule has 0 spiro atoms. The number of hydrogen-bond acceptors (Lipinski definition) is 4. The number of rotatable bonds is 5. The predicted molar refractivity (Wildman–Crippen MR) is 95.1 cm³/mol. The van der Waals surface area contributed by atoms with Gasteiger partial charge >= 0.3 is 6.03 Å². The number of carbonyl (C=O) groups is 1.